The van der Waals surface area contributed by atoms with Gasteiger partial charge in [-0.25, -0.2) is 0 Å². The van der Waals surface area contributed by atoms with Crippen molar-refractivity contribution in [3.8, 4) is 6.07 Å². The zero-order valence-electron chi connectivity index (χ0n) is 9.56. The van der Waals surface area contributed by atoms with Crippen molar-refractivity contribution < 1.29 is 5.11 Å². The molecule has 0 spiro atoms. The van der Waals surface area contributed by atoms with Gasteiger partial charge in [0.05, 0.1) is 19.1 Å². The van der Waals surface area contributed by atoms with Gasteiger partial charge in [0.1, 0.15) is 0 Å². The van der Waals surface area contributed by atoms with Gasteiger partial charge in [0.15, 0.2) is 0 Å². The third-order valence-corrected chi connectivity index (χ3v) is 3.37. The van der Waals surface area contributed by atoms with Gasteiger partial charge in [-0.15, -0.1) is 0 Å². The van der Waals surface area contributed by atoms with E-state index in [0.717, 1.165) is 24.1 Å². The number of hydrogen-bond acceptors (Lipinski definition) is 3. The lowest BCUT2D eigenvalue weighted by atomic mass is 10.1. The smallest absolute Gasteiger partial charge is 0.0716 e. The minimum absolute atomic E-state index is 0.0647. The molecule has 0 aromatic heterocycles. The third kappa shape index (κ3) is 2.71. The van der Waals surface area contributed by atoms with Crippen LogP contribution in [0, 0.1) is 11.3 Å². The lowest BCUT2D eigenvalue weighted by molar-refractivity contribution is 0.282. The number of rotatable bonds is 5. The molecule has 1 aliphatic rings. The van der Waals surface area contributed by atoms with Gasteiger partial charge in [0.2, 0.25) is 0 Å². The van der Waals surface area contributed by atoms with Crippen LogP contribution in [0.4, 0.5) is 5.69 Å². The van der Waals surface area contributed by atoms with Gasteiger partial charge in [-0.05, 0) is 25.0 Å². The standard InChI is InChI=1S/C13H15ClN2O/c14-12-3-1-4-13(11(12)9-17)16(8-2-7-15)10-5-6-10/h1,3-4,10,17H,2,5-6,8-9H2. The Morgan fingerprint density at radius 1 is 1.47 bits per heavy atom. The van der Waals surface area contributed by atoms with E-state index >= 15 is 0 Å². The summed E-state index contributed by atoms with van der Waals surface area (Å²) in [4.78, 5) is 2.20. The Morgan fingerprint density at radius 3 is 2.82 bits per heavy atom. The Hall–Kier alpha value is -1.24. The third-order valence-electron chi connectivity index (χ3n) is 3.01. The summed E-state index contributed by atoms with van der Waals surface area (Å²) in [5, 5.41) is 18.7. The predicted molar refractivity (Wildman–Crippen MR) is 68.0 cm³/mol. The summed E-state index contributed by atoms with van der Waals surface area (Å²) in [6, 6.07) is 8.31. The van der Waals surface area contributed by atoms with E-state index in [2.05, 4.69) is 11.0 Å². The highest BCUT2D eigenvalue weighted by Gasteiger charge is 2.30. The highest BCUT2D eigenvalue weighted by molar-refractivity contribution is 6.31. The minimum atomic E-state index is -0.0647. The zero-order valence-corrected chi connectivity index (χ0v) is 10.3. The summed E-state index contributed by atoms with van der Waals surface area (Å²) >= 11 is 6.08. The summed E-state index contributed by atoms with van der Waals surface area (Å²) in [7, 11) is 0. The molecule has 1 aliphatic carbocycles. The van der Waals surface area contributed by atoms with Crippen LogP contribution in [-0.2, 0) is 6.61 Å². The van der Waals surface area contributed by atoms with E-state index in [4.69, 9.17) is 16.9 Å². The fourth-order valence-corrected chi connectivity index (χ4v) is 2.26. The number of anilines is 1. The van der Waals surface area contributed by atoms with Gasteiger partial charge >= 0.3 is 0 Å². The SMILES string of the molecule is N#CCCN(c1cccc(Cl)c1CO)C1CC1. The summed E-state index contributed by atoms with van der Waals surface area (Å²) in [5.74, 6) is 0. The predicted octanol–water partition coefficient (Wildman–Crippen LogP) is 2.71. The molecule has 17 heavy (non-hydrogen) atoms. The maximum atomic E-state index is 9.40. The molecule has 0 atom stereocenters. The number of aliphatic hydroxyl groups is 1. The Bertz CT molecular complexity index is 438. The van der Waals surface area contributed by atoms with E-state index in [9.17, 15) is 5.11 Å². The van der Waals surface area contributed by atoms with Crippen LogP contribution in [0.2, 0.25) is 5.02 Å². The van der Waals surface area contributed by atoms with Crippen LogP contribution < -0.4 is 4.90 Å². The van der Waals surface area contributed by atoms with Crippen molar-refractivity contribution in [3.05, 3.63) is 28.8 Å². The molecular weight excluding hydrogens is 236 g/mol. The molecule has 0 radical (unpaired) electrons. The van der Waals surface area contributed by atoms with Crippen molar-refractivity contribution in [2.45, 2.75) is 31.9 Å². The van der Waals surface area contributed by atoms with Crippen LogP contribution in [0.5, 0.6) is 0 Å². The van der Waals surface area contributed by atoms with Gasteiger partial charge in [-0.3, -0.25) is 0 Å². The molecule has 1 aromatic rings. The van der Waals surface area contributed by atoms with E-state index in [0.29, 0.717) is 24.0 Å². The van der Waals surface area contributed by atoms with Gasteiger partial charge in [-0.1, -0.05) is 17.7 Å². The van der Waals surface area contributed by atoms with Crippen LogP contribution in [0.1, 0.15) is 24.8 Å². The molecule has 3 nitrogen and oxygen atoms in total. The first-order chi connectivity index (χ1) is 8.27. The molecule has 1 fully saturated rings. The quantitative estimate of drug-likeness (QED) is 0.874. The molecule has 90 valence electrons. The second-order valence-corrected chi connectivity index (χ2v) is 4.64. The van der Waals surface area contributed by atoms with Crippen LogP contribution in [0.3, 0.4) is 0 Å². The number of halogens is 1. The van der Waals surface area contributed by atoms with Gasteiger partial charge in [0, 0.05) is 28.9 Å². The number of nitriles is 1. The number of nitrogens with zero attached hydrogens (tertiary/aromatic N) is 2. The van der Waals surface area contributed by atoms with Crippen molar-refractivity contribution in [1.29, 1.82) is 5.26 Å². The maximum absolute atomic E-state index is 9.40. The first-order valence-electron chi connectivity index (χ1n) is 5.79. The first kappa shape index (κ1) is 12.2. The number of hydrogen-bond donors (Lipinski definition) is 1. The normalized spacial score (nSPS) is 14.4. The first-order valence-corrected chi connectivity index (χ1v) is 6.17. The molecule has 0 aliphatic heterocycles. The fraction of sp³-hybridized carbons (Fsp3) is 0.462. The van der Waals surface area contributed by atoms with E-state index in [1.54, 1.807) is 6.07 Å². The second-order valence-electron chi connectivity index (χ2n) is 4.23. The van der Waals surface area contributed by atoms with Gasteiger partial charge in [0.25, 0.3) is 0 Å². The van der Waals surface area contributed by atoms with E-state index < -0.39 is 0 Å². The molecule has 0 heterocycles. The average Bonchev–Trinajstić information content (AvgIpc) is 3.14. The van der Waals surface area contributed by atoms with Crippen LogP contribution in [0.25, 0.3) is 0 Å². The molecular formula is C13H15ClN2O. The monoisotopic (exact) mass is 250 g/mol. The highest BCUT2D eigenvalue weighted by atomic mass is 35.5. The molecule has 1 aromatic carbocycles. The Kier molecular flexibility index (Phi) is 3.88. The molecule has 1 saturated carbocycles. The number of benzene rings is 1. The molecule has 4 heteroatoms. The van der Waals surface area contributed by atoms with Gasteiger partial charge < -0.3 is 10.0 Å². The fourth-order valence-electron chi connectivity index (χ4n) is 2.03. The lowest BCUT2D eigenvalue weighted by Crippen LogP contribution is -2.27. The van der Waals surface area contributed by atoms with E-state index in [1.807, 2.05) is 12.1 Å². The summed E-state index contributed by atoms with van der Waals surface area (Å²) in [6.45, 7) is 0.638. The zero-order chi connectivity index (χ0) is 12.3. The molecule has 0 saturated heterocycles. The van der Waals surface area contributed by atoms with E-state index in [1.165, 1.54) is 0 Å². The van der Waals surface area contributed by atoms with Gasteiger partial charge in [-0.2, -0.15) is 5.26 Å². The Balaban J connectivity index is 2.28. The summed E-state index contributed by atoms with van der Waals surface area (Å²) < 4.78 is 0. The lowest BCUT2D eigenvalue weighted by Gasteiger charge is -2.26. The topological polar surface area (TPSA) is 47.3 Å². The van der Waals surface area contributed by atoms with E-state index in [-0.39, 0.29) is 6.61 Å². The largest absolute Gasteiger partial charge is 0.392 e. The number of aliphatic hydroxyl groups excluding tert-OH is 1. The summed E-state index contributed by atoms with van der Waals surface area (Å²) in [6.07, 6.45) is 2.81. The Morgan fingerprint density at radius 2 is 2.24 bits per heavy atom. The van der Waals surface area contributed by atoms with Crippen LogP contribution >= 0.6 is 11.6 Å². The van der Waals surface area contributed by atoms with Crippen LogP contribution in [0.15, 0.2) is 18.2 Å². The van der Waals surface area contributed by atoms with Crippen molar-refractivity contribution in [1.82, 2.24) is 0 Å². The molecule has 0 unspecified atom stereocenters. The molecule has 2 rings (SSSR count). The molecule has 1 N–H and O–H groups in total. The second kappa shape index (κ2) is 5.39. The highest BCUT2D eigenvalue weighted by Crippen LogP contribution is 2.36. The maximum Gasteiger partial charge on any atom is 0.0716 e. The molecule has 0 bridgehead atoms. The van der Waals surface area contributed by atoms with Crippen molar-refractivity contribution in [2.75, 3.05) is 11.4 Å². The molecule has 0 amide bonds. The average molecular weight is 251 g/mol. The Labute approximate surface area is 106 Å². The van der Waals surface area contributed by atoms with Crippen molar-refractivity contribution >= 4 is 17.3 Å². The minimum Gasteiger partial charge on any atom is -0.392 e. The van der Waals surface area contributed by atoms with Crippen LogP contribution in [-0.4, -0.2) is 17.7 Å². The summed E-state index contributed by atoms with van der Waals surface area (Å²) in [5.41, 5.74) is 1.73. The van der Waals surface area contributed by atoms with Crippen molar-refractivity contribution in [3.63, 3.8) is 0 Å². The van der Waals surface area contributed by atoms with Crippen molar-refractivity contribution in [2.24, 2.45) is 0 Å².